The second-order valence-corrected chi connectivity index (χ2v) is 6.52. The summed E-state index contributed by atoms with van der Waals surface area (Å²) < 4.78 is 5.91. The normalized spacial score (nSPS) is 14.1. The first-order valence-corrected chi connectivity index (χ1v) is 8.26. The summed E-state index contributed by atoms with van der Waals surface area (Å²) in [5.41, 5.74) is 6.10. The number of aliphatic hydroxyl groups is 1. The van der Waals surface area contributed by atoms with Gasteiger partial charge in [-0.15, -0.1) is 12.4 Å². The minimum atomic E-state index is -0.499. The van der Waals surface area contributed by atoms with Gasteiger partial charge in [-0.1, -0.05) is 35.9 Å². The molecular formula is C20H26ClNO2. The largest absolute Gasteiger partial charge is 0.490 e. The van der Waals surface area contributed by atoms with Gasteiger partial charge < -0.3 is 14.7 Å². The lowest BCUT2D eigenvalue weighted by Gasteiger charge is -2.23. The zero-order valence-electron chi connectivity index (χ0n) is 14.6. The molecule has 0 radical (unpaired) electrons. The third-order valence-electron chi connectivity index (χ3n) is 4.44. The number of hydrogen-bond donors (Lipinski definition) is 1. The van der Waals surface area contributed by atoms with Crippen LogP contribution in [0.4, 0.5) is 5.69 Å². The van der Waals surface area contributed by atoms with Gasteiger partial charge in [-0.2, -0.15) is 0 Å². The number of anilines is 1. The van der Waals surface area contributed by atoms with Crippen molar-refractivity contribution in [2.75, 3.05) is 24.6 Å². The van der Waals surface area contributed by atoms with Crippen molar-refractivity contribution in [1.82, 2.24) is 0 Å². The summed E-state index contributed by atoms with van der Waals surface area (Å²) in [6, 6.07) is 12.7. The molecule has 0 spiro atoms. The van der Waals surface area contributed by atoms with Crippen molar-refractivity contribution in [2.24, 2.45) is 0 Å². The first-order valence-electron chi connectivity index (χ1n) is 8.26. The van der Waals surface area contributed by atoms with E-state index in [4.69, 9.17) is 4.74 Å². The molecule has 1 unspecified atom stereocenters. The molecule has 3 nitrogen and oxygen atoms in total. The van der Waals surface area contributed by atoms with Crippen LogP contribution in [0.2, 0.25) is 0 Å². The zero-order valence-corrected chi connectivity index (χ0v) is 15.4. The Labute approximate surface area is 150 Å². The van der Waals surface area contributed by atoms with E-state index in [9.17, 15) is 5.11 Å². The van der Waals surface area contributed by atoms with Crippen LogP contribution in [-0.2, 0) is 6.42 Å². The van der Waals surface area contributed by atoms with Crippen LogP contribution >= 0.6 is 12.4 Å². The lowest BCUT2D eigenvalue weighted by molar-refractivity contribution is 0.112. The van der Waals surface area contributed by atoms with Gasteiger partial charge in [0, 0.05) is 18.8 Å². The summed E-state index contributed by atoms with van der Waals surface area (Å²) in [6.45, 7) is 8.10. The fraction of sp³-hybridized carbons (Fsp3) is 0.400. The van der Waals surface area contributed by atoms with E-state index in [1.165, 1.54) is 16.8 Å². The van der Waals surface area contributed by atoms with Crippen LogP contribution in [0.1, 0.15) is 22.3 Å². The summed E-state index contributed by atoms with van der Waals surface area (Å²) in [4.78, 5) is 2.25. The van der Waals surface area contributed by atoms with Crippen molar-refractivity contribution in [3.05, 3.63) is 58.7 Å². The highest BCUT2D eigenvalue weighted by molar-refractivity contribution is 5.85. The van der Waals surface area contributed by atoms with Gasteiger partial charge in [0.25, 0.3) is 0 Å². The maximum Gasteiger partial charge on any atom is 0.125 e. The van der Waals surface area contributed by atoms with Crippen LogP contribution in [0.3, 0.4) is 0 Å². The van der Waals surface area contributed by atoms with Crippen LogP contribution in [0.15, 0.2) is 36.4 Å². The maximum atomic E-state index is 10.4. The van der Waals surface area contributed by atoms with E-state index >= 15 is 0 Å². The maximum absolute atomic E-state index is 10.4. The Hall–Kier alpha value is -1.71. The molecule has 2 aromatic carbocycles. The molecular weight excluding hydrogens is 322 g/mol. The Kier molecular flexibility index (Phi) is 6.14. The number of halogens is 1. The van der Waals surface area contributed by atoms with Gasteiger partial charge in [-0.25, -0.2) is 0 Å². The first kappa shape index (κ1) is 18.6. The van der Waals surface area contributed by atoms with Crippen LogP contribution in [0.5, 0.6) is 5.75 Å². The number of fused-ring (bicyclic) bond motifs is 1. The summed E-state index contributed by atoms with van der Waals surface area (Å²) in [5.74, 6) is 0.900. The minimum Gasteiger partial charge on any atom is -0.490 e. The lowest BCUT2D eigenvalue weighted by Crippen LogP contribution is -2.34. The van der Waals surface area contributed by atoms with Gasteiger partial charge in [0.05, 0.1) is 0 Å². The summed E-state index contributed by atoms with van der Waals surface area (Å²) >= 11 is 0. The van der Waals surface area contributed by atoms with E-state index < -0.39 is 6.10 Å². The van der Waals surface area contributed by atoms with Crippen molar-refractivity contribution in [2.45, 2.75) is 33.3 Å². The molecule has 24 heavy (non-hydrogen) atoms. The number of benzene rings is 2. The number of nitrogens with zero attached hydrogens (tertiary/aromatic N) is 1. The number of para-hydroxylation sites is 1. The first-order chi connectivity index (χ1) is 11.0. The Morgan fingerprint density at radius 3 is 2.50 bits per heavy atom. The molecule has 1 aliphatic rings. The quantitative estimate of drug-likeness (QED) is 0.892. The highest BCUT2D eigenvalue weighted by Gasteiger charge is 2.21. The molecule has 0 bridgehead atoms. The van der Waals surface area contributed by atoms with Gasteiger partial charge in [0.1, 0.15) is 18.5 Å². The van der Waals surface area contributed by atoms with E-state index in [2.05, 4.69) is 62.1 Å². The number of ether oxygens (including phenoxy) is 1. The van der Waals surface area contributed by atoms with E-state index in [1.54, 1.807) is 0 Å². The smallest absolute Gasteiger partial charge is 0.125 e. The van der Waals surface area contributed by atoms with Gasteiger partial charge >= 0.3 is 0 Å². The average molecular weight is 348 g/mol. The Balaban J connectivity index is 0.00000208. The number of aryl methyl sites for hydroxylation is 3. The molecule has 0 saturated heterocycles. The molecule has 1 N–H and O–H groups in total. The molecule has 0 fully saturated rings. The van der Waals surface area contributed by atoms with Crippen LogP contribution in [-0.4, -0.2) is 30.9 Å². The van der Waals surface area contributed by atoms with E-state index in [0.717, 1.165) is 29.8 Å². The van der Waals surface area contributed by atoms with Gasteiger partial charge in [-0.05, 0) is 49.9 Å². The standard InChI is InChI=1S/C20H25NO2.ClH/c1-14-10-15(2)20(16(3)11-14)23-13-18(22)12-21-9-8-17-6-4-5-7-19(17)21;/h4-7,10-11,18,22H,8-9,12-13H2,1-3H3;1H. The average Bonchev–Trinajstić information content (AvgIpc) is 2.89. The zero-order chi connectivity index (χ0) is 16.4. The van der Waals surface area contributed by atoms with Gasteiger partial charge in [0.2, 0.25) is 0 Å². The Morgan fingerprint density at radius 1 is 1.12 bits per heavy atom. The van der Waals surface area contributed by atoms with Gasteiger partial charge in [0.15, 0.2) is 0 Å². The molecule has 130 valence electrons. The van der Waals surface area contributed by atoms with Crippen molar-refractivity contribution >= 4 is 18.1 Å². The molecule has 0 aromatic heterocycles. The fourth-order valence-electron chi connectivity index (χ4n) is 3.48. The van der Waals surface area contributed by atoms with Crippen molar-refractivity contribution in [3.8, 4) is 5.75 Å². The third kappa shape index (κ3) is 4.03. The highest BCUT2D eigenvalue weighted by atomic mass is 35.5. The number of rotatable bonds is 5. The minimum absolute atomic E-state index is 0. The van der Waals surface area contributed by atoms with Crippen LogP contribution < -0.4 is 9.64 Å². The van der Waals surface area contributed by atoms with Crippen LogP contribution in [0, 0.1) is 20.8 Å². The molecule has 4 heteroatoms. The number of β-amino-alcohol motifs (C(OH)–C–C–N with tert-alkyl or cyclic N) is 1. The van der Waals surface area contributed by atoms with Crippen molar-refractivity contribution in [1.29, 1.82) is 0 Å². The van der Waals surface area contributed by atoms with Crippen molar-refractivity contribution < 1.29 is 9.84 Å². The number of aliphatic hydroxyl groups excluding tert-OH is 1. The monoisotopic (exact) mass is 347 g/mol. The molecule has 1 heterocycles. The Morgan fingerprint density at radius 2 is 1.79 bits per heavy atom. The third-order valence-corrected chi connectivity index (χ3v) is 4.44. The van der Waals surface area contributed by atoms with E-state index in [0.29, 0.717) is 13.2 Å². The topological polar surface area (TPSA) is 32.7 Å². The number of hydrogen-bond acceptors (Lipinski definition) is 3. The molecule has 1 atom stereocenters. The Bertz CT molecular complexity index is 679. The molecule has 2 aromatic rings. The van der Waals surface area contributed by atoms with Gasteiger partial charge in [-0.3, -0.25) is 0 Å². The lowest BCUT2D eigenvalue weighted by atomic mass is 10.1. The summed E-state index contributed by atoms with van der Waals surface area (Å²) in [6.07, 6.45) is 0.557. The molecule has 1 aliphatic heterocycles. The SMILES string of the molecule is Cc1cc(C)c(OCC(O)CN2CCc3ccccc32)c(C)c1.Cl. The van der Waals surface area contributed by atoms with E-state index in [1.807, 2.05) is 0 Å². The molecule has 3 rings (SSSR count). The predicted octanol–water partition coefficient (Wildman–Crippen LogP) is 3.84. The second-order valence-electron chi connectivity index (χ2n) is 6.52. The highest BCUT2D eigenvalue weighted by Crippen LogP contribution is 2.28. The molecule has 0 saturated carbocycles. The van der Waals surface area contributed by atoms with Crippen LogP contribution in [0.25, 0.3) is 0 Å². The molecule has 0 aliphatic carbocycles. The van der Waals surface area contributed by atoms with E-state index in [-0.39, 0.29) is 12.4 Å². The second kappa shape index (κ2) is 7.91. The summed E-state index contributed by atoms with van der Waals surface area (Å²) in [7, 11) is 0. The fourth-order valence-corrected chi connectivity index (χ4v) is 3.48. The van der Waals surface area contributed by atoms with Crippen molar-refractivity contribution in [3.63, 3.8) is 0 Å². The summed E-state index contributed by atoms with van der Waals surface area (Å²) in [5, 5.41) is 10.4. The predicted molar refractivity (Wildman–Crippen MR) is 102 cm³/mol. The molecule has 0 amide bonds.